The second-order valence-corrected chi connectivity index (χ2v) is 6.04. The van der Waals surface area contributed by atoms with E-state index in [0.29, 0.717) is 11.5 Å². The van der Waals surface area contributed by atoms with Crippen LogP contribution in [-0.4, -0.2) is 40.4 Å². The van der Waals surface area contributed by atoms with Crippen molar-refractivity contribution in [3.05, 3.63) is 12.4 Å². The molecule has 0 amide bonds. The monoisotopic (exact) mass is 264 g/mol. The van der Waals surface area contributed by atoms with E-state index in [-0.39, 0.29) is 0 Å². The van der Waals surface area contributed by atoms with E-state index in [1.54, 1.807) is 0 Å². The molecule has 1 unspecified atom stereocenters. The van der Waals surface area contributed by atoms with Crippen molar-refractivity contribution >= 4 is 5.69 Å². The summed E-state index contributed by atoms with van der Waals surface area (Å²) in [5, 5.41) is 8.02. The van der Waals surface area contributed by atoms with E-state index in [9.17, 15) is 0 Å². The Morgan fingerprint density at radius 3 is 2.68 bits per heavy atom. The van der Waals surface area contributed by atoms with Gasteiger partial charge in [-0.2, -0.15) is 5.10 Å². The van der Waals surface area contributed by atoms with Crippen LogP contribution in [0.1, 0.15) is 40.5 Å². The number of hydrogen-bond acceptors (Lipinski definition) is 3. The Hall–Kier alpha value is -1.03. The summed E-state index contributed by atoms with van der Waals surface area (Å²) in [7, 11) is 0. The zero-order valence-corrected chi connectivity index (χ0v) is 12.8. The van der Waals surface area contributed by atoms with Gasteiger partial charge in [-0.3, -0.25) is 4.68 Å². The maximum absolute atomic E-state index is 4.44. The SMILES string of the molecule is CCN(CC)CCn1cc(NC(C)C2(C)CC2)cn1. The minimum absolute atomic E-state index is 0.503. The second-order valence-electron chi connectivity index (χ2n) is 6.04. The highest BCUT2D eigenvalue weighted by atomic mass is 15.3. The van der Waals surface area contributed by atoms with E-state index in [2.05, 4.69) is 49.2 Å². The van der Waals surface area contributed by atoms with Gasteiger partial charge in [0.15, 0.2) is 0 Å². The molecule has 0 saturated heterocycles. The fraction of sp³-hybridized carbons (Fsp3) is 0.800. The Balaban J connectivity index is 1.81. The summed E-state index contributed by atoms with van der Waals surface area (Å²) in [6.07, 6.45) is 6.77. The number of aromatic nitrogens is 2. The van der Waals surface area contributed by atoms with Crippen LogP contribution in [0.5, 0.6) is 0 Å². The molecule has 1 heterocycles. The van der Waals surface area contributed by atoms with Crippen LogP contribution in [0.3, 0.4) is 0 Å². The molecule has 1 aliphatic rings. The number of hydrogen-bond donors (Lipinski definition) is 1. The minimum atomic E-state index is 0.503. The summed E-state index contributed by atoms with van der Waals surface area (Å²) in [5.41, 5.74) is 1.66. The van der Waals surface area contributed by atoms with E-state index in [1.807, 2.05) is 10.9 Å². The molecule has 1 fully saturated rings. The summed E-state index contributed by atoms with van der Waals surface area (Å²) >= 11 is 0. The third kappa shape index (κ3) is 3.72. The lowest BCUT2D eigenvalue weighted by Gasteiger charge is -2.20. The van der Waals surface area contributed by atoms with Crippen LogP contribution >= 0.6 is 0 Å². The van der Waals surface area contributed by atoms with Crippen molar-refractivity contribution in [1.82, 2.24) is 14.7 Å². The topological polar surface area (TPSA) is 33.1 Å². The molecule has 0 spiro atoms. The van der Waals surface area contributed by atoms with Gasteiger partial charge in [0.25, 0.3) is 0 Å². The van der Waals surface area contributed by atoms with Gasteiger partial charge in [0.1, 0.15) is 0 Å². The number of likely N-dealkylation sites (N-methyl/N-ethyl adjacent to an activating group) is 1. The zero-order chi connectivity index (χ0) is 13.9. The van der Waals surface area contributed by atoms with Gasteiger partial charge in [-0.15, -0.1) is 0 Å². The standard InChI is InChI=1S/C15H28N4/c1-5-18(6-2)9-10-19-12-14(11-16-19)17-13(3)15(4)7-8-15/h11-13,17H,5-10H2,1-4H3. The number of rotatable bonds is 8. The van der Waals surface area contributed by atoms with Gasteiger partial charge in [-0.05, 0) is 38.3 Å². The van der Waals surface area contributed by atoms with E-state index >= 15 is 0 Å². The van der Waals surface area contributed by atoms with Gasteiger partial charge in [-0.1, -0.05) is 20.8 Å². The third-order valence-electron chi connectivity index (χ3n) is 4.64. The predicted octanol–water partition coefficient (Wildman–Crippen LogP) is 2.83. The maximum atomic E-state index is 4.44. The normalized spacial score (nSPS) is 18.6. The molecule has 1 aromatic rings. The maximum Gasteiger partial charge on any atom is 0.0728 e. The highest BCUT2D eigenvalue weighted by Gasteiger charge is 2.42. The quantitative estimate of drug-likeness (QED) is 0.784. The van der Waals surface area contributed by atoms with Crippen molar-refractivity contribution in [3.63, 3.8) is 0 Å². The van der Waals surface area contributed by atoms with Crippen LogP contribution in [0.4, 0.5) is 5.69 Å². The Labute approximate surface area is 117 Å². The zero-order valence-electron chi connectivity index (χ0n) is 12.8. The summed E-state index contributed by atoms with van der Waals surface area (Å²) in [6.45, 7) is 13.3. The van der Waals surface area contributed by atoms with Crippen LogP contribution in [0.2, 0.25) is 0 Å². The lowest BCUT2D eigenvalue weighted by atomic mass is 10.0. The summed E-state index contributed by atoms with van der Waals surface area (Å²) in [5.74, 6) is 0. The van der Waals surface area contributed by atoms with Crippen LogP contribution < -0.4 is 5.32 Å². The molecule has 0 aliphatic heterocycles. The molecule has 0 aromatic carbocycles. The Morgan fingerprint density at radius 1 is 1.42 bits per heavy atom. The van der Waals surface area contributed by atoms with Crippen molar-refractivity contribution in [3.8, 4) is 0 Å². The van der Waals surface area contributed by atoms with Crippen molar-refractivity contribution < 1.29 is 0 Å². The fourth-order valence-corrected chi connectivity index (χ4v) is 2.40. The lowest BCUT2D eigenvalue weighted by molar-refractivity contribution is 0.285. The van der Waals surface area contributed by atoms with Crippen LogP contribution in [-0.2, 0) is 6.54 Å². The predicted molar refractivity (Wildman–Crippen MR) is 80.4 cm³/mol. The molecule has 2 rings (SSSR count). The average Bonchev–Trinajstić information content (AvgIpc) is 3.00. The Bertz CT molecular complexity index is 391. The first-order valence-electron chi connectivity index (χ1n) is 7.58. The molecule has 0 radical (unpaired) electrons. The van der Waals surface area contributed by atoms with Crippen molar-refractivity contribution in [1.29, 1.82) is 0 Å². The number of anilines is 1. The average molecular weight is 264 g/mol. The molecule has 19 heavy (non-hydrogen) atoms. The van der Waals surface area contributed by atoms with Crippen molar-refractivity contribution in [2.24, 2.45) is 5.41 Å². The Kier molecular flexibility index (Phi) is 4.50. The largest absolute Gasteiger partial charge is 0.380 e. The molecule has 108 valence electrons. The first-order valence-corrected chi connectivity index (χ1v) is 7.58. The molecule has 4 nitrogen and oxygen atoms in total. The van der Waals surface area contributed by atoms with Gasteiger partial charge in [0.2, 0.25) is 0 Å². The number of nitrogens with zero attached hydrogens (tertiary/aromatic N) is 3. The first kappa shape index (κ1) is 14.4. The van der Waals surface area contributed by atoms with E-state index in [0.717, 1.165) is 31.9 Å². The van der Waals surface area contributed by atoms with Gasteiger partial charge in [0, 0.05) is 18.8 Å². The molecule has 1 N–H and O–H groups in total. The highest BCUT2D eigenvalue weighted by molar-refractivity contribution is 5.40. The van der Waals surface area contributed by atoms with E-state index < -0.39 is 0 Å². The second kappa shape index (κ2) is 5.95. The molecular formula is C15H28N4. The molecule has 0 bridgehead atoms. The van der Waals surface area contributed by atoms with Crippen molar-refractivity contribution in [2.45, 2.75) is 53.1 Å². The van der Waals surface area contributed by atoms with Gasteiger partial charge < -0.3 is 10.2 Å². The van der Waals surface area contributed by atoms with Crippen molar-refractivity contribution in [2.75, 3.05) is 25.0 Å². The summed E-state index contributed by atoms with van der Waals surface area (Å²) < 4.78 is 2.04. The van der Waals surface area contributed by atoms with Gasteiger partial charge in [0.05, 0.1) is 18.4 Å². The summed E-state index contributed by atoms with van der Waals surface area (Å²) in [4.78, 5) is 2.42. The molecule has 1 atom stereocenters. The van der Waals surface area contributed by atoms with Gasteiger partial charge in [-0.25, -0.2) is 0 Å². The minimum Gasteiger partial charge on any atom is -0.380 e. The molecule has 1 aliphatic carbocycles. The molecule has 1 saturated carbocycles. The number of nitrogens with one attached hydrogen (secondary N) is 1. The molecule has 1 aromatic heterocycles. The fourth-order valence-electron chi connectivity index (χ4n) is 2.40. The van der Waals surface area contributed by atoms with Crippen LogP contribution in [0.25, 0.3) is 0 Å². The summed E-state index contributed by atoms with van der Waals surface area (Å²) in [6, 6.07) is 0.535. The third-order valence-corrected chi connectivity index (χ3v) is 4.64. The lowest BCUT2D eigenvalue weighted by Crippen LogP contribution is -2.27. The molecule has 4 heteroatoms. The Morgan fingerprint density at radius 2 is 2.11 bits per heavy atom. The molecular weight excluding hydrogens is 236 g/mol. The highest BCUT2D eigenvalue weighted by Crippen LogP contribution is 2.48. The van der Waals surface area contributed by atoms with Crippen LogP contribution in [0.15, 0.2) is 12.4 Å². The smallest absolute Gasteiger partial charge is 0.0728 e. The van der Waals surface area contributed by atoms with E-state index in [4.69, 9.17) is 0 Å². The van der Waals surface area contributed by atoms with E-state index in [1.165, 1.54) is 12.8 Å². The first-order chi connectivity index (χ1) is 9.07. The van der Waals surface area contributed by atoms with Crippen LogP contribution in [0, 0.1) is 5.41 Å². The van der Waals surface area contributed by atoms with Gasteiger partial charge >= 0.3 is 0 Å².